The van der Waals surface area contributed by atoms with Gasteiger partial charge in [-0.25, -0.2) is 4.79 Å². The van der Waals surface area contributed by atoms with Gasteiger partial charge in [-0.15, -0.1) is 12.4 Å². The van der Waals surface area contributed by atoms with Crippen molar-refractivity contribution >= 4 is 30.1 Å². The van der Waals surface area contributed by atoms with E-state index in [4.69, 9.17) is 10.5 Å². The molecule has 1 saturated heterocycles. The number of fused-ring (bicyclic) bond motifs is 3. The number of amides is 2. The number of carbonyl (C=O) groups excluding carboxylic acids is 2. The van der Waals surface area contributed by atoms with Crippen molar-refractivity contribution < 1.29 is 14.3 Å². The highest BCUT2D eigenvalue weighted by Crippen LogP contribution is 2.44. The largest absolute Gasteiger partial charge is 0.448 e. The van der Waals surface area contributed by atoms with E-state index in [0.29, 0.717) is 44.0 Å². The van der Waals surface area contributed by atoms with Crippen molar-refractivity contribution in [1.82, 2.24) is 9.80 Å². The Hall–Kier alpha value is -3.51. The molecule has 0 spiro atoms. The summed E-state index contributed by atoms with van der Waals surface area (Å²) in [6.45, 7) is 2.14. The van der Waals surface area contributed by atoms with Crippen molar-refractivity contribution in [3.63, 3.8) is 0 Å². The van der Waals surface area contributed by atoms with E-state index in [-0.39, 0.29) is 30.3 Å². The van der Waals surface area contributed by atoms with E-state index in [0.717, 1.165) is 0 Å². The molecule has 3 aromatic rings. The van der Waals surface area contributed by atoms with E-state index < -0.39 is 0 Å². The molecule has 0 saturated carbocycles. The maximum atomic E-state index is 12.8. The third-order valence-electron chi connectivity index (χ3n) is 6.29. The Morgan fingerprint density at radius 3 is 2.00 bits per heavy atom. The summed E-state index contributed by atoms with van der Waals surface area (Å²) in [5.41, 5.74) is 11.7. The van der Waals surface area contributed by atoms with E-state index in [1.54, 1.807) is 34.1 Å². The summed E-state index contributed by atoms with van der Waals surface area (Å²) in [4.78, 5) is 28.9. The molecule has 3 aromatic carbocycles. The van der Waals surface area contributed by atoms with Crippen LogP contribution < -0.4 is 5.73 Å². The molecule has 6 nitrogen and oxygen atoms in total. The highest BCUT2D eigenvalue weighted by atomic mass is 35.5. The second-order valence-corrected chi connectivity index (χ2v) is 8.21. The third-order valence-corrected chi connectivity index (χ3v) is 6.29. The molecule has 1 aliphatic carbocycles. The van der Waals surface area contributed by atoms with Crippen LogP contribution in [0.4, 0.5) is 10.5 Å². The fraction of sp³-hybridized carbons (Fsp3) is 0.231. The number of nitrogens with two attached hydrogens (primary N) is 1. The van der Waals surface area contributed by atoms with Gasteiger partial charge in [0.15, 0.2) is 0 Å². The molecular formula is C26H26ClN3O3. The van der Waals surface area contributed by atoms with Crippen LogP contribution >= 0.6 is 12.4 Å². The van der Waals surface area contributed by atoms with Crippen LogP contribution in [0.15, 0.2) is 72.8 Å². The summed E-state index contributed by atoms with van der Waals surface area (Å²) >= 11 is 0. The SMILES string of the molecule is Cl.Nc1cccc(C(=O)N2CCN(C(=O)OCC3c4ccccc4-c4ccccc43)CC2)c1. The molecule has 33 heavy (non-hydrogen) atoms. The van der Waals surface area contributed by atoms with Gasteiger partial charge in [0, 0.05) is 43.3 Å². The predicted octanol–water partition coefficient (Wildman–Crippen LogP) is 4.40. The van der Waals surface area contributed by atoms with E-state index >= 15 is 0 Å². The average Bonchev–Trinajstić information content (AvgIpc) is 3.16. The van der Waals surface area contributed by atoms with Gasteiger partial charge in [-0.05, 0) is 40.5 Å². The molecule has 0 radical (unpaired) electrons. The zero-order chi connectivity index (χ0) is 22.1. The maximum Gasteiger partial charge on any atom is 0.409 e. The minimum absolute atomic E-state index is 0. The van der Waals surface area contributed by atoms with Crippen LogP contribution in [0.25, 0.3) is 11.1 Å². The molecule has 1 aliphatic heterocycles. The predicted molar refractivity (Wildman–Crippen MR) is 131 cm³/mol. The number of anilines is 1. The van der Waals surface area contributed by atoms with E-state index in [1.807, 2.05) is 24.3 Å². The third kappa shape index (κ3) is 4.39. The van der Waals surface area contributed by atoms with Crippen LogP contribution in [-0.2, 0) is 4.74 Å². The molecule has 0 bridgehead atoms. The van der Waals surface area contributed by atoms with E-state index in [9.17, 15) is 9.59 Å². The highest BCUT2D eigenvalue weighted by Gasteiger charge is 2.31. The Balaban J connectivity index is 0.00000259. The van der Waals surface area contributed by atoms with Gasteiger partial charge in [-0.3, -0.25) is 4.79 Å². The van der Waals surface area contributed by atoms with Gasteiger partial charge in [-0.1, -0.05) is 54.6 Å². The first-order valence-corrected chi connectivity index (χ1v) is 10.9. The molecule has 5 rings (SSSR count). The summed E-state index contributed by atoms with van der Waals surface area (Å²) < 4.78 is 5.74. The lowest BCUT2D eigenvalue weighted by Gasteiger charge is -2.34. The van der Waals surface area contributed by atoms with Crippen LogP contribution in [-0.4, -0.2) is 54.6 Å². The van der Waals surface area contributed by atoms with Crippen LogP contribution in [0.3, 0.4) is 0 Å². The second-order valence-electron chi connectivity index (χ2n) is 8.21. The monoisotopic (exact) mass is 463 g/mol. The van der Waals surface area contributed by atoms with E-state index in [1.165, 1.54) is 22.3 Å². The summed E-state index contributed by atoms with van der Waals surface area (Å²) in [6.07, 6.45) is -0.331. The van der Waals surface area contributed by atoms with E-state index in [2.05, 4.69) is 24.3 Å². The number of piperazine rings is 1. The standard InChI is InChI=1S/C26H25N3O3.ClH/c27-19-7-5-6-18(16-19)25(30)28-12-14-29(15-13-28)26(31)32-17-24-22-10-3-1-8-20(22)21-9-2-4-11-23(21)24;/h1-11,16,24H,12-15,17,27H2;1H. The van der Waals surface area contributed by atoms with Gasteiger partial charge < -0.3 is 20.3 Å². The summed E-state index contributed by atoms with van der Waals surface area (Å²) in [7, 11) is 0. The maximum absolute atomic E-state index is 12.8. The highest BCUT2D eigenvalue weighted by molar-refractivity contribution is 5.95. The minimum Gasteiger partial charge on any atom is -0.448 e. The Labute approximate surface area is 199 Å². The lowest BCUT2D eigenvalue weighted by molar-refractivity contribution is 0.0554. The Morgan fingerprint density at radius 2 is 1.39 bits per heavy atom. The number of nitrogen functional groups attached to an aromatic ring is 1. The fourth-order valence-electron chi connectivity index (χ4n) is 4.63. The van der Waals surface area contributed by atoms with Crippen LogP contribution in [0, 0.1) is 0 Å². The van der Waals surface area contributed by atoms with Gasteiger partial charge in [0.05, 0.1) is 0 Å². The topological polar surface area (TPSA) is 75.9 Å². The quantitative estimate of drug-likeness (QED) is 0.584. The Kier molecular flexibility index (Phi) is 6.56. The molecule has 2 N–H and O–H groups in total. The molecule has 2 amide bonds. The number of rotatable bonds is 3. The van der Waals surface area contributed by atoms with Crippen LogP contribution in [0.1, 0.15) is 27.4 Å². The minimum atomic E-state index is -0.331. The number of carbonyl (C=O) groups is 2. The molecule has 170 valence electrons. The van der Waals surface area contributed by atoms with Crippen molar-refractivity contribution in [3.05, 3.63) is 89.5 Å². The first-order valence-electron chi connectivity index (χ1n) is 10.9. The molecule has 1 fully saturated rings. The van der Waals surface area contributed by atoms with Gasteiger partial charge >= 0.3 is 6.09 Å². The first-order chi connectivity index (χ1) is 15.6. The van der Waals surface area contributed by atoms with Crippen molar-refractivity contribution in [2.24, 2.45) is 0 Å². The molecule has 0 aromatic heterocycles. The molecule has 2 aliphatic rings. The summed E-state index contributed by atoms with van der Waals surface area (Å²) in [5.74, 6) is -0.0257. The lowest BCUT2D eigenvalue weighted by atomic mass is 9.98. The number of ether oxygens (including phenoxy) is 1. The zero-order valence-corrected chi connectivity index (χ0v) is 19.0. The van der Waals surface area contributed by atoms with Gasteiger partial charge in [0.1, 0.15) is 6.61 Å². The summed E-state index contributed by atoms with van der Waals surface area (Å²) in [5, 5.41) is 0. The van der Waals surface area contributed by atoms with Crippen LogP contribution in [0.5, 0.6) is 0 Å². The smallest absolute Gasteiger partial charge is 0.409 e. The fourth-order valence-corrected chi connectivity index (χ4v) is 4.63. The lowest BCUT2D eigenvalue weighted by Crippen LogP contribution is -2.50. The Bertz CT molecular complexity index is 1130. The van der Waals surface area contributed by atoms with Gasteiger partial charge in [-0.2, -0.15) is 0 Å². The first kappa shape index (κ1) is 22.7. The molecule has 1 heterocycles. The van der Waals surface area contributed by atoms with Crippen molar-refractivity contribution in [2.45, 2.75) is 5.92 Å². The van der Waals surface area contributed by atoms with Gasteiger partial charge in [0.25, 0.3) is 5.91 Å². The number of hydrogen-bond acceptors (Lipinski definition) is 4. The number of hydrogen-bond donors (Lipinski definition) is 1. The summed E-state index contributed by atoms with van der Waals surface area (Å²) in [6, 6.07) is 23.5. The van der Waals surface area contributed by atoms with Crippen molar-refractivity contribution in [3.8, 4) is 11.1 Å². The molecule has 7 heteroatoms. The van der Waals surface area contributed by atoms with Crippen LogP contribution in [0.2, 0.25) is 0 Å². The number of nitrogens with zero attached hydrogens (tertiary/aromatic N) is 2. The average molecular weight is 464 g/mol. The Morgan fingerprint density at radius 1 is 0.818 bits per heavy atom. The normalized spacial score (nSPS) is 14.8. The van der Waals surface area contributed by atoms with Crippen molar-refractivity contribution in [1.29, 1.82) is 0 Å². The second kappa shape index (κ2) is 9.55. The zero-order valence-electron chi connectivity index (χ0n) is 18.1. The number of halogens is 1. The van der Waals surface area contributed by atoms with Gasteiger partial charge in [0.2, 0.25) is 0 Å². The van der Waals surface area contributed by atoms with Crippen molar-refractivity contribution in [2.75, 3.05) is 38.5 Å². The molecule has 0 atom stereocenters. The molecule has 0 unspecified atom stereocenters. The number of benzene rings is 3. The molecular weight excluding hydrogens is 438 g/mol.